The van der Waals surface area contributed by atoms with Crippen LogP contribution < -0.4 is 0 Å². The molecule has 4 nitrogen and oxygen atoms in total. The van der Waals surface area contributed by atoms with Crippen LogP contribution in [-0.2, 0) is 5.41 Å². The van der Waals surface area contributed by atoms with Crippen molar-refractivity contribution in [3.8, 4) is 0 Å². The Morgan fingerprint density at radius 3 is 2.31 bits per heavy atom. The second-order valence-electron chi connectivity index (χ2n) is 4.26. The van der Waals surface area contributed by atoms with Gasteiger partial charge in [0, 0.05) is 12.4 Å². The minimum absolute atomic E-state index is 0.0474. The molecule has 1 aromatic heterocycles. The van der Waals surface area contributed by atoms with Gasteiger partial charge in [0.2, 0.25) is 5.82 Å². The third-order valence-corrected chi connectivity index (χ3v) is 3.12. The zero-order valence-corrected chi connectivity index (χ0v) is 10.0. The number of rotatable bonds is 5. The van der Waals surface area contributed by atoms with Crippen LogP contribution in [0.2, 0.25) is 0 Å². The van der Waals surface area contributed by atoms with Crippen LogP contribution >= 0.6 is 0 Å². The second kappa shape index (κ2) is 5.05. The minimum atomic E-state index is -1.08. The van der Waals surface area contributed by atoms with Crippen LogP contribution in [0.4, 0.5) is 0 Å². The van der Waals surface area contributed by atoms with E-state index < -0.39 is 5.97 Å². The van der Waals surface area contributed by atoms with Crippen molar-refractivity contribution in [3.63, 3.8) is 0 Å². The Labute approximate surface area is 95.7 Å². The predicted molar refractivity (Wildman–Crippen MR) is 61.5 cm³/mol. The average molecular weight is 222 g/mol. The molecule has 0 aliphatic carbocycles. The Kier molecular flexibility index (Phi) is 3.99. The number of carbonyl (C=O) groups is 1. The van der Waals surface area contributed by atoms with Gasteiger partial charge < -0.3 is 5.11 Å². The first kappa shape index (κ1) is 12.6. The lowest BCUT2D eigenvalue weighted by Gasteiger charge is -2.27. The molecule has 0 amide bonds. The van der Waals surface area contributed by atoms with Gasteiger partial charge in [-0.25, -0.2) is 14.8 Å². The highest BCUT2D eigenvalue weighted by Crippen LogP contribution is 2.31. The summed E-state index contributed by atoms with van der Waals surface area (Å²) in [5, 5.41) is 8.71. The van der Waals surface area contributed by atoms with Crippen LogP contribution in [0.3, 0.4) is 0 Å². The Bertz CT molecular complexity index is 362. The van der Waals surface area contributed by atoms with Gasteiger partial charge in [-0.3, -0.25) is 0 Å². The van der Waals surface area contributed by atoms with E-state index in [0.29, 0.717) is 0 Å². The first-order valence-electron chi connectivity index (χ1n) is 5.59. The molecule has 4 heteroatoms. The van der Waals surface area contributed by atoms with Gasteiger partial charge in [0.1, 0.15) is 0 Å². The molecule has 1 N–H and O–H groups in total. The highest BCUT2D eigenvalue weighted by molar-refractivity contribution is 5.82. The van der Waals surface area contributed by atoms with E-state index >= 15 is 0 Å². The lowest BCUT2D eigenvalue weighted by Crippen LogP contribution is -2.21. The fourth-order valence-electron chi connectivity index (χ4n) is 1.83. The number of hydrogen-bond donors (Lipinski definition) is 1. The predicted octanol–water partition coefficient (Wildman–Crippen LogP) is 2.64. The molecule has 1 unspecified atom stereocenters. The molecule has 1 rings (SSSR count). The van der Waals surface area contributed by atoms with Gasteiger partial charge in [0.15, 0.2) is 0 Å². The molecule has 0 spiro atoms. The van der Waals surface area contributed by atoms with Gasteiger partial charge in [0.05, 0.1) is 0 Å². The molecule has 0 saturated carbocycles. The standard InChI is InChI=1S/C12H18N2O2/c1-4-6-12(3,5-2)9-7-13-10(11(15)16)14-8-9/h7-8H,4-6H2,1-3H3,(H,15,16). The Morgan fingerprint density at radius 1 is 1.38 bits per heavy atom. The molecule has 0 fully saturated rings. The van der Waals surface area contributed by atoms with E-state index in [0.717, 1.165) is 24.8 Å². The summed E-state index contributed by atoms with van der Waals surface area (Å²) < 4.78 is 0. The van der Waals surface area contributed by atoms with Crippen LogP contribution in [0.1, 0.15) is 56.2 Å². The van der Waals surface area contributed by atoms with E-state index in [1.165, 1.54) is 0 Å². The molecule has 0 bridgehead atoms. The molecule has 0 aliphatic rings. The molecule has 0 aliphatic heterocycles. The molecule has 0 radical (unpaired) electrons. The summed E-state index contributed by atoms with van der Waals surface area (Å²) in [6.45, 7) is 6.43. The SMILES string of the molecule is CCCC(C)(CC)c1cnc(C(=O)O)nc1. The number of nitrogens with zero attached hydrogens (tertiary/aromatic N) is 2. The van der Waals surface area contributed by atoms with E-state index in [4.69, 9.17) is 5.11 Å². The summed E-state index contributed by atoms with van der Waals surface area (Å²) >= 11 is 0. The largest absolute Gasteiger partial charge is 0.475 e. The maximum atomic E-state index is 10.6. The van der Waals surface area contributed by atoms with Gasteiger partial charge in [0.25, 0.3) is 0 Å². The first-order chi connectivity index (χ1) is 7.53. The lowest BCUT2D eigenvalue weighted by atomic mass is 9.78. The van der Waals surface area contributed by atoms with Crippen LogP contribution in [0, 0.1) is 0 Å². The van der Waals surface area contributed by atoms with E-state index in [1.54, 1.807) is 12.4 Å². The van der Waals surface area contributed by atoms with Crippen molar-refractivity contribution in [2.24, 2.45) is 0 Å². The average Bonchev–Trinajstić information content (AvgIpc) is 2.29. The van der Waals surface area contributed by atoms with E-state index in [9.17, 15) is 4.79 Å². The first-order valence-corrected chi connectivity index (χ1v) is 5.59. The van der Waals surface area contributed by atoms with Gasteiger partial charge in [-0.2, -0.15) is 0 Å². The molecule has 1 aromatic rings. The Hall–Kier alpha value is -1.45. The maximum absolute atomic E-state index is 10.6. The lowest BCUT2D eigenvalue weighted by molar-refractivity contribution is 0.0683. The van der Waals surface area contributed by atoms with Gasteiger partial charge >= 0.3 is 5.97 Å². The number of carboxylic acids is 1. The van der Waals surface area contributed by atoms with Crippen LogP contribution in [0.5, 0.6) is 0 Å². The summed E-state index contributed by atoms with van der Waals surface area (Å²) in [6.07, 6.45) is 6.41. The monoisotopic (exact) mass is 222 g/mol. The second-order valence-corrected chi connectivity index (χ2v) is 4.26. The topological polar surface area (TPSA) is 63.1 Å². The van der Waals surface area contributed by atoms with Crippen LogP contribution in [0.25, 0.3) is 0 Å². The molecule has 1 heterocycles. The molecular formula is C12H18N2O2. The molecule has 1 atom stereocenters. The summed E-state index contributed by atoms with van der Waals surface area (Å²) in [5.41, 5.74) is 1.06. The Morgan fingerprint density at radius 2 is 1.94 bits per heavy atom. The minimum Gasteiger partial charge on any atom is -0.475 e. The van der Waals surface area contributed by atoms with Gasteiger partial charge in [-0.05, 0) is 23.8 Å². The van der Waals surface area contributed by atoms with Crippen molar-refractivity contribution in [2.75, 3.05) is 0 Å². The Balaban J connectivity index is 2.99. The van der Waals surface area contributed by atoms with Gasteiger partial charge in [-0.1, -0.05) is 27.2 Å². The zero-order chi connectivity index (χ0) is 12.2. The van der Waals surface area contributed by atoms with Crippen molar-refractivity contribution in [2.45, 2.75) is 45.4 Å². The summed E-state index contributed by atoms with van der Waals surface area (Å²) in [4.78, 5) is 18.4. The molecular weight excluding hydrogens is 204 g/mol. The number of hydrogen-bond acceptors (Lipinski definition) is 3. The van der Waals surface area contributed by atoms with E-state index in [2.05, 4.69) is 30.7 Å². The fraction of sp³-hybridized carbons (Fsp3) is 0.583. The molecule has 0 saturated heterocycles. The smallest absolute Gasteiger partial charge is 0.373 e. The molecule has 16 heavy (non-hydrogen) atoms. The number of aromatic carboxylic acids is 1. The quantitative estimate of drug-likeness (QED) is 0.831. The van der Waals surface area contributed by atoms with Crippen molar-refractivity contribution in [1.82, 2.24) is 9.97 Å². The van der Waals surface area contributed by atoms with E-state index in [1.807, 2.05) is 0 Å². The van der Waals surface area contributed by atoms with Crippen molar-refractivity contribution in [1.29, 1.82) is 0 Å². The number of carboxylic acid groups (broad SMARTS) is 1. The summed E-state index contributed by atoms with van der Waals surface area (Å²) in [7, 11) is 0. The fourth-order valence-corrected chi connectivity index (χ4v) is 1.83. The number of aromatic nitrogens is 2. The van der Waals surface area contributed by atoms with Crippen LogP contribution in [0.15, 0.2) is 12.4 Å². The molecule has 88 valence electrons. The van der Waals surface area contributed by atoms with Crippen molar-refractivity contribution < 1.29 is 9.90 Å². The molecule has 0 aromatic carbocycles. The van der Waals surface area contributed by atoms with Crippen LogP contribution in [-0.4, -0.2) is 21.0 Å². The van der Waals surface area contributed by atoms with Gasteiger partial charge in [-0.15, -0.1) is 0 Å². The summed E-state index contributed by atoms with van der Waals surface area (Å²) in [5.74, 6) is -1.22. The maximum Gasteiger partial charge on any atom is 0.373 e. The highest BCUT2D eigenvalue weighted by Gasteiger charge is 2.24. The van der Waals surface area contributed by atoms with Crippen molar-refractivity contribution in [3.05, 3.63) is 23.8 Å². The highest BCUT2D eigenvalue weighted by atomic mass is 16.4. The zero-order valence-electron chi connectivity index (χ0n) is 10.0. The van der Waals surface area contributed by atoms with E-state index in [-0.39, 0.29) is 11.2 Å². The summed E-state index contributed by atoms with van der Waals surface area (Å²) in [6, 6.07) is 0. The third kappa shape index (κ3) is 2.56. The third-order valence-electron chi connectivity index (χ3n) is 3.12. The normalized spacial score (nSPS) is 14.4. The van der Waals surface area contributed by atoms with Crippen molar-refractivity contribution >= 4 is 5.97 Å².